The lowest BCUT2D eigenvalue weighted by Gasteiger charge is -2.38. The molecular weight excluding hydrogens is 418 g/mol. The first kappa shape index (κ1) is 20.9. The second kappa shape index (κ2) is 8.90. The average Bonchev–Trinajstić information content (AvgIpc) is 3.40. The quantitative estimate of drug-likeness (QED) is 0.465. The van der Waals surface area contributed by atoms with Crippen molar-refractivity contribution in [3.8, 4) is 17.3 Å². The van der Waals surface area contributed by atoms with Crippen LogP contribution in [-0.2, 0) is 0 Å². The molecule has 0 N–H and O–H groups in total. The highest BCUT2D eigenvalue weighted by molar-refractivity contribution is 5.98. The van der Waals surface area contributed by atoms with Gasteiger partial charge in [-0.2, -0.15) is 15.0 Å². The molecule has 5 rings (SSSR count). The minimum atomic E-state index is -0.163. The summed E-state index contributed by atoms with van der Waals surface area (Å²) in [5.74, 6) is 1.20. The van der Waals surface area contributed by atoms with Gasteiger partial charge in [-0.05, 0) is 38.0 Å². The number of piperidine rings is 1. The summed E-state index contributed by atoms with van der Waals surface area (Å²) in [4.78, 5) is 21.4. The molecule has 8 heteroatoms. The molecule has 1 aliphatic rings. The number of pyridine rings is 1. The SMILES string of the molecule is COc1cnc(O[C@H]2CC[C@H](C)N(C(=O)c3ccccc3-n3nccn3)C2)c2ccccc12. The van der Waals surface area contributed by atoms with Crippen LogP contribution < -0.4 is 9.47 Å². The van der Waals surface area contributed by atoms with Gasteiger partial charge < -0.3 is 14.4 Å². The van der Waals surface area contributed by atoms with Crippen LogP contribution in [0.2, 0.25) is 0 Å². The highest BCUT2D eigenvalue weighted by Gasteiger charge is 2.32. The van der Waals surface area contributed by atoms with E-state index >= 15 is 0 Å². The maximum absolute atomic E-state index is 13.6. The number of ether oxygens (including phenoxy) is 2. The van der Waals surface area contributed by atoms with E-state index in [1.807, 2.05) is 53.4 Å². The zero-order chi connectivity index (χ0) is 22.8. The van der Waals surface area contributed by atoms with Gasteiger partial charge in [0.1, 0.15) is 11.9 Å². The molecule has 0 unspecified atom stereocenters. The second-order valence-electron chi connectivity index (χ2n) is 8.14. The molecule has 8 nitrogen and oxygen atoms in total. The third kappa shape index (κ3) is 4.00. The summed E-state index contributed by atoms with van der Waals surface area (Å²) in [5, 5.41) is 10.2. The fourth-order valence-electron chi connectivity index (χ4n) is 4.33. The number of hydrogen-bond donors (Lipinski definition) is 0. The predicted octanol–water partition coefficient (Wildman–Crippen LogP) is 3.90. The molecule has 0 spiro atoms. The number of para-hydroxylation sites is 1. The Bertz CT molecular complexity index is 1270. The van der Waals surface area contributed by atoms with Crippen molar-refractivity contribution in [1.82, 2.24) is 24.9 Å². The molecule has 1 aliphatic heterocycles. The second-order valence-corrected chi connectivity index (χ2v) is 8.14. The van der Waals surface area contributed by atoms with Crippen LogP contribution in [0.1, 0.15) is 30.1 Å². The monoisotopic (exact) mass is 443 g/mol. The van der Waals surface area contributed by atoms with Crippen LogP contribution in [0.25, 0.3) is 16.5 Å². The molecule has 1 fully saturated rings. The maximum atomic E-state index is 13.6. The number of carbonyl (C=O) groups excluding carboxylic acids is 1. The third-order valence-electron chi connectivity index (χ3n) is 6.09. The molecule has 2 aromatic heterocycles. The topological polar surface area (TPSA) is 82.4 Å². The summed E-state index contributed by atoms with van der Waals surface area (Å²) in [5.41, 5.74) is 1.22. The number of rotatable bonds is 5. The number of carbonyl (C=O) groups is 1. The number of methoxy groups -OCH3 is 1. The molecule has 0 aliphatic carbocycles. The van der Waals surface area contributed by atoms with E-state index in [0.717, 1.165) is 23.6 Å². The average molecular weight is 444 g/mol. The van der Waals surface area contributed by atoms with Gasteiger partial charge in [0.2, 0.25) is 5.88 Å². The van der Waals surface area contributed by atoms with Gasteiger partial charge in [-0.3, -0.25) is 4.79 Å². The van der Waals surface area contributed by atoms with Crippen molar-refractivity contribution in [2.24, 2.45) is 0 Å². The van der Waals surface area contributed by atoms with Crippen LogP contribution in [0, 0.1) is 0 Å². The van der Waals surface area contributed by atoms with Crippen LogP contribution in [-0.4, -0.2) is 56.6 Å². The van der Waals surface area contributed by atoms with E-state index in [1.54, 1.807) is 25.7 Å². The third-order valence-corrected chi connectivity index (χ3v) is 6.09. The van der Waals surface area contributed by atoms with E-state index in [-0.39, 0.29) is 18.1 Å². The molecule has 33 heavy (non-hydrogen) atoms. The van der Waals surface area contributed by atoms with Crippen molar-refractivity contribution >= 4 is 16.7 Å². The van der Waals surface area contributed by atoms with Gasteiger partial charge in [0.25, 0.3) is 5.91 Å². The minimum Gasteiger partial charge on any atom is -0.494 e. The fraction of sp³-hybridized carbons (Fsp3) is 0.280. The summed E-state index contributed by atoms with van der Waals surface area (Å²) < 4.78 is 11.8. The van der Waals surface area contributed by atoms with Crippen molar-refractivity contribution in [2.45, 2.75) is 31.9 Å². The van der Waals surface area contributed by atoms with Gasteiger partial charge in [0, 0.05) is 16.8 Å². The van der Waals surface area contributed by atoms with Crippen molar-refractivity contribution in [1.29, 1.82) is 0 Å². The molecule has 1 amide bonds. The summed E-state index contributed by atoms with van der Waals surface area (Å²) in [7, 11) is 1.63. The summed E-state index contributed by atoms with van der Waals surface area (Å²) in [6.07, 6.45) is 6.40. The molecule has 1 saturated heterocycles. The lowest BCUT2D eigenvalue weighted by atomic mass is 9.99. The zero-order valence-corrected chi connectivity index (χ0v) is 18.6. The number of benzene rings is 2. The smallest absolute Gasteiger partial charge is 0.256 e. The molecule has 0 radical (unpaired) electrons. The Balaban J connectivity index is 1.40. The van der Waals surface area contributed by atoms with Crippen LogP contribution in [0.5, 0.6) is 11.6 Å². The molecule has 2 atom stereocenters. The Morgan fingerprint density at radius 2 is 1.73 bits per heavy atom. The van der Waals surface area contributed by atoms with Crippen LogP contribution >= 0.6 is 0 Å². The fourth-order valence-corrected chi connectivity index (χ4v) is 4.33. The lowest BCUT2D eigenvalue weighted by Crippen LogP contribution is -2.49. The van der Waals surface area contributed by atoms with Gasteiger partial charge >= 0.3 is 0 Å². The maximum Gasteiger partial charge on any atom is 0.256 e. The molecule has 2 aromatic carbocycles. The van der Waals surface area contributed by atoms with Crippen molar-refractivity contribution in [2.75, 3.05) is 13.7 Å². The molecule has 168 valence electrons. The Labute approximate surface area is 191 Å². The van der Waals surface area contributed by atoms with E-state index in [9.17, 15) is 4.79 Å². The Morgan fingerprint density at radius 1 is 1.00 bits per heavy atom. The Kier molecular flexibility index (Phi) is 5.64. The van der Waals surface area contributed by atoms with E-state index in [4.69, 9.17) is 9.47 Å². The van der Waals surface area contributed by atoms with E-state index in [1.165, 1.54) is 4.80 Å². The largest absolute Gasteiger partial charge is 0.494 e. The van der Waals surface area contributed by atoms with Crippen molar-refractivity contribution < 1.29 is 14.3 Å². The predicted molar refractivity (Wildman–Crippen MR) is 124 cm³/mol. The van der Waals surface area contributed by atoms with Crippen molar-refractivity contribution in [3.63, 3.8) is 0 Å². The van der Waals surface area contributed by atoms with Gasteiger partial charge in [-0.25, -0.2) is 4.98 Å². The molecule has 0 bridgehead atoms. The van der Waals surface area contributed by atoms with E-state index in [2.05, 4.69) is 22.1 Å². The van der Waals surface area contributed by atoms with Gasteiger partial charge in [0.15, 0.2) is 0 Å². The van der Waals surface area contributed by atoms with Crippen LogP contribution in [0.4, 0.5) is 0 Å². The summed E-state index contributed by atoms with van der Waals surface area (Å²) >= 11 is 0. The minimum absolute atomic E-state index is 0.0590. The number of hydrogen-bond acceptors (Lipinski definition) is 6. The highest BCUT2D eigenvalue weighted by Crippen LogP contribution is 2.32. The van der Waals surface area contributed by atoms with Gasteiger partial charge in [-0.1, -0.05) is 30.3 Å². The summed E-state index contributed by atoms with van der Waals surface area (Å²) in [6, 6.07) is 15.4. The van der Waals surface area contributed by atoms with E-state index in [0.29, 0.717) is 29.4 Å². The Morgan fingerprint density at radius 3 is 2.52 bits per heavy atom. The number of aromatic nitrogens is 4. The molecule has 3 heterocycles. The molecule has 0 saturated carbocycles. The van der Waals surface area contributed by atoms with Gasteiger partial charge in [-0.15, -0.1) is 0 Å². The number of likely N-dealkylation sites (tertiary alicyclic amines) is 1. The van der Waals surface area contributed by atoms with Crippen LogP contribution in [0.15, 0.2) is 67.1 Å². The van der Waals surface area contributed by atoms with Crippen LogP contribution in [0.3, 0.4) is 0 Å². The molecular formula is C25H25N5O3. The van der Waals surface area contributed by atoms with E-state index < -0.39 is 0 Å². The van der Waals surface area contributed by atoms with Crippen molar-refractivity contribution in [3.05, 3.63) is 72.7 Å². The number of fused-ring (bicyclic) bond motifs is 1. The normalized spacial score (nSPS) is 18.3. The Hall–Kier alpha value is -3.94. The lowest BCUT2D eigenvalue weighted by molar-refractivity contribution is 0.0377. The number of amides is 1. The first-order valence-corrected chi connectivity index (χ1v) is 11.0. The first-order valence-electron chi connectivity index (χ1n) is 11.0. The molecule has 4 aromatic rings. The highest BCUT2D eigenvalue weighted by atomic mass is 16.5. The van der Waals surface area contributed by atoms with Gasteiger partial charge in [0.05, 0.1) is 43.5 Å². The zero-order valence-electron chi connectivity index (χ0n) is 18.6. The summed E-state index contributed by atoms with van der Waals surface area (Å²) in [6.45, 7) is 2.55. The first-order chi connectivity index (χ1) is 16.2. The number of nitrogens with zero attached hydrogens (tertiary/aromatic N) is 5. The standard InChI is InChI=1S/C25H25N5O3/c1-17-11-12-18(33-24-20-8-4-3-7-19(20)23(32-2)15-26-24)16-29(17)25(31)21-9-5-6-10-22(21)30-27-13-14-28-30/h3-10,13-15,17-18H,11-12,16H2,1-2H3/t17-,18-/m0/s1.